The Morgan fingerprint density at radius 1 is 1.16 bits per heavy atom. The monoisotopic (exact) mass is 361 g/mol. The lowest BCUT2D eigenvalue weighted by molar-refractivity contribution is 0.0680. The van der Waals surface area contributed by atoms with Crippen LogP contribution in [-0.2, 0) is 14.8 Å². The van der Waals surface area contributed by atoms with Gasteiger partial charge in [0.2, 0.25) is 0 Å². The number of nitrogens with one attached hydrogen (secondary N) is 1. The van der Waals surface area contributed by atoms with Gasteiger partial charge in [-0.2, -0.15) is 0 Å². The topological polar surface area (TPSA) is 64.6 Å². The van der Waals surface area contributed by atoms with Crippen LogP contribution in [0.5, 0.6) is 5.75 Å². The molecule has 2 aromatic carbocycles. The fraction of sp³-hybridized carbons (Fsp3) is 0.368. The number of rotatable bonds is 6. The molecule has 25 heavy (non-hydrogen) atoms. The molecule has 0 aromatic heterocycles. The number of hydrogen-bond donors (Lipinski definition) is 1. The highest BCUT2D eigenvalue weighted by molar-refractivity contribution is 7.92. The standard InChI is InChI=1S/C19H23NO4S/c1-14-8-9-19(11-15(14)2)25(21,22)20-16-5-3-6-17(12-16)24-13-18-7-4-10-23-18/h3,5-6,8-9,11-12,18,20H,4,7,10,13H2,1-2H3/t18-/m1/s1. The molecule has 0 unspecified atom stereocenters. The maximum absolute atomic E-state index is 12.6. The molecule has 0 aliphatic carbocycles. The summed E-state index contributed by atoms with van der Waals surface area (Å²) in [7, 11) is -3.63. The Kier molecular flexibility index (Phi) is 5.30. The van der Waals surface area contributed by atoms with Crippen LogP contribution in [0.1, 0.15) is 24.0 Å². The fourth-order valence-electron chi connectivity index (χ4n) is 2.71. The van der Waals surface area contributed by atoms with Crippen molar-refractivity contribution in [3.63, 3.8) is 0 Å². The van der Waals surface area contributed by atoms with Crippen molar-refractivity contribution in [2.45, 2.75) is 37.7 Å². The SMILES string of the molecule is Cc1ccc(S(=O)(=O)Nc2cccc(OC[C@H]3CCCO3)c2)cc1C. The minimum Gasteiger partial charge on any atom is -0.491 e. The van der Waals surface area contributed by atoms with Crippen LogP contribution in [0, 0.1) is 13.8 Å². The van der Waals surface area contributed by atoms with E-state index in [1.807, 2.05) is 26.0 Å². The highest BCUT2D eigenvalue weighted by Crippen LogP contribution is 2.23. The van der Waals surface area contributed by atoms with Crippen LogP contribution in [-0.4, -0.2) is 27.7 Å². The molecule has 0 radical (unpaired) electrons. The molecule has 1 aliphatic heterocycles. The van der Waals surface area contributed by atoms with Crippen LogP contribution >= 0.6 is 0 Å². The maximum Gasteiger partial charge on any atom is 0.261 e. The van der Waals surface area contributed by atoms with Crippen LogP contribution in [0.3, 0.4) is 0 Å². The average Bonchev–Trinajstić information content (AvgIpc) is 3.09. The number of benzene rings is 2. The Morgan fingerprint density at radius 2 is 2.00 bits per heavy atom. The summed E-state index contributed by atoms with van der Waals surface area (Å²) in [6.07, 6.45) is 2.18. The molecule has 6 heteroatoms. The first-order valence-corrected chi connectivity index (χ1v) is 9.87. The van der Waals surface area contributed by atoms with Gasteiger partial charge in [-0.1, -0.05) is 12.1 Å². The second-order valence-corrected chi connectivity index (χ2v) is 8.01. The van der Waals surface area contributed by atoms with Gasteiger partial charge in [-0.3, -0.25) is 4.72 Å². The average molecular weight is 361 g/mol. The van der Waals surface area contributed by atoms with E-state index < -0.39 is 10.0 Å². The molecule has 0 spiro atoms. The highest BCUT2D eigenvalue weighted by atomic mass is 32.2. The summed E-state index contributed by atoms with van der Waals surface area (Å²) in [4.78, 5) is 0.251. The first-order valence-electron chi connectivity index (χ1n) is 8.38. The van der Waals surface area contributed by atoms with Gasteiger partial charge in [0.1, 0.15) is 12.4 Å². The lowest BCUT2D eigenvalue weighted by Gasteiger charge is -2.13. The third-order valence-corrected chi connectivity index (χ3v) is 5.71. The normalized spacial score (nSPS) is 17.4. The van der Waals surface area contributed by atoms with E-state index >= 15 is 0 Å². The second-order valence-electron chi connectivity index (χ2n) is 6.33. The van der Waals surface area contributed by atoms with Gasteiger partial charge < -0.3 is 9.47 Å². The van der Waals surface area contributed by atoms with E-state index in [0.717, 1.165) is 30.6 Å². The Labute approximate surface area is 149 Å². The quantitative estimate of drug-likeness (QED) is 0.853. The zero-order valence-corrected chi connectivity index (χ0v) is 15.3. The Hall–Kier alpha value is -2.05. The van der Waals surface area contributed by atoms with Gasteiger partial charge in [0.05, 0.1) is 16.7 Å². The first-order chi connectivity index (χ1) is 11.9. The van der Waals surface area contributed by atoms with E-state index in [-0.39, 0.29) is 11.0 Å². The lowest BCUT2D eigenvalue weighted by atomic mass is 10.1. The predicted octanol–water partition coefficient (Wildman–Crippen LogP) is 3.66. The van der Waals surface area contributed by atoms with Crippen LogP contribution in [0.25, 0.3) is 0 Å². The Morgan fingerprint density at radius 3 is 2.72 bits per heavy atom. The zero-order valence-electron chi connectivity index (χ0n) is 14.5. The number of hydrogen-bond acceptors (Lipinski definition) is 4. The number of sulfonamides is 1. The van der Waals surface area contributed by atoms with Crippen molar-refractivity contribution in [2.75, 3.05) is 17.9 Å². The molecule has 1 N–H and O–H groups in total. The summed E-state index contributed by atoms with van der Waals surface area (Å²) < 4.78 is 39.0. The van der Waals surface area contributed by atoms with Crippen molar-refractivity contribution >= 4 is 15.7 Å². The summed E-state index contributed by atoms with van der Waals surface area (Å²) >= 11 is 0. The van der Waals surface area contributed by atoms with Gasteiger partial charge in [-0.25, -0.2) is 8.42 Å². The highest BCUT2D eigenvalue weighted by Gasteiger charge is 2.17. The van der Waals surface area contributed by atoms with Gasteiger partial charge in [0.25, 0.3) is 10.0 Å². The molecular weight excluding hydrogens is 338 g/mol. The van der Waals surface area contributed by atoms with Crippen molar-refractivity contribution in [3.05, 3.63) is 53.6 Å². The summed E-state index contributed by atoms with van der Waals surface area (Å²) in [5, 5.41) is 0. The first kappa shape index (κ1) is 17.8. The summed E-state index contributed by atoms with van der Waals surface area (Å²) in [5.41, 5.74) is 2.48. The van der Waals surface area contributed by atoms with Crippen LogP contribution in [0.15, 0.2) is 47.4 Å². The molecule has 1 saturated heterocycles. The van der Waals surface area contributed by atoms with E-state index in [2.05, 4.69) is 4.72 Å². The molecular formula is C19H23NO4S. The molecule has 0 bridgehead atoms. The van der Waals surface area contributed by atoms with E-state index in [0.29, 0.717) is 18.0 Å². The molecule has 1 atom stereocenters. The third kappa shape index (κ3) is 4.52. The second kappa shape index (κ2) is 7.45. The minimum atomic E-state index is -3.63. The van der Waals surface area contributed by atoms with Gasteiger partial charge >= 0.3 is 0 Å². The van der Waals surface area contributed by atoms with Gasteiger partial charge in [-0.05, 0) is 62.1 Å². The van der Waals surface area contributed by atoms with Crippen LogP contribution in [0.2, 0.25) is 0 Å². The zero-order chi connectivity index (χ0) is 17.9. The predicted molar refractivity (Wildman–Crippen MR) is 97.6 cm³/mol. The number of aryl methyl sites for hydroxylation is 2. The Bertz CT molecular complexity index is 842. The number of ether oxygens (including phenoxy) is 2. The van der Waals surface area contributed by atoms with E-state index in [1.165, 1.54) is 0 Å². The fourth-order valence-corrected chi connectivity index (χ4v) is 3.84. The van der Waals surface area contributed by atoms with Crippen molar-refractivity contribution < 1.29 is 17.9 Å². The minimum absolute atomic E-state index is 0.121. The third-order valence-electron chi connectivity index (χ3n) is 4.33. The summed E-state index contributed by atoms with van der Waals surface area (Å²) in [5.74, 6) is 0.621. The molecule has 1 heterocycles. The maximum atomic E-state index is 12.6. The summed E-state index contributed by atoms with van der Waals surface area (Å²) in [6.45, 7) is 5.11. The molecule has 1 aliphatic rings. The van der Waals surface area contributed by atoms with Crippen molar-refractivity contribution in [2.24, 2.45) is 0 Å². The molecule has 134 valence electrons. The molecule has 2 aromatic rings. The van der Waals surface area contributed by atoms with Crippen molar-refractivity contribution in [1.82, 2.24) is 0 Å². The van der Waals surface area contributed by atoms with E-state index in [9.17, 15) is 8.42 Å². The molecule has 5 nitrogen and oxygen atoms in total. The molecule has 3 rings (SSSR count). The smallest absolute Gasteiger partial charge is 0.261 e. The van der Waals surface area contributed by atoms with Crippen LogP contribution in [0.4, 0.5) is 5.69 Å². The van der Waals surface area contributed by atoms with E-state index in [4.69, 9.17) is 9.47 Å². The van der Waals surface area contributed by atoms with Gasteiger partial charge in [0.15, 0.2) is 0 Å². The Balaban J connectivity index is 1.70. The van der Waals surface area contributed by atoms with Gasteiger partial charge in [0, 0.05) is 12.7 Å². The van der Waals surface area contributed by atoms with Crippen molar-refractivity contribution in [1.29, 1.82) is 0 Å². The largest absolute Gasteiger partial charge is 0.491 e. The number of anilines is 1. The molecule has 1 fully saturated rings. The van der Waals surface area contributed by atoms with Crippen molar-refractivity contribution in [3.8, 4) is 5.75 Å². The lowest BCUT2D eigenvalue weighted by Crippen LogP contribution is -2.16. The molecule has 0 amide bonds. The van der Waals surface area contributed by atoms with Crippen LogP contribution < -0.4 is 9.46 Å². The molecule has 0 saturated carbocycles. The summed E-state index contributed by atoms with van der Waals surface area (Å²) in [6, 6.07) is 12.1. The van der Waals surface area contributed by atoms with E-state index in [1.54, 1.807) is 30.3 Å². The van der Waals surface area contributed by atoms with Gasteiger partial charge in [-0.15, -0.1) is 0 Å².